The van der Waals surface area contributed by atoms with Gasteiger partial charge in [-0.1, -0.05) is 19.4 Å². The van der Waals surface area contributed by atoms with E-state index in [1.54, 1.807) is 6.20 Å². The average molecular weight is 317 g/mol. The van der Waals surface area contributed by atoms with Crippen LogP contribution in [0, 0.1) is 6.92 Å². The lowest BCUT2D eigenvalue weighted by atomic mass is 9.97. The summed E-state index contributed by atoms with van der Waals surface area (Å²) in [6.45, 7) is 5.64. The molecule has 23 heavy (non-hydrogen) atoms. The summed E-state index contributed by atoms with van der Waals surface area (Å²) < 4.78 is 5.28. The second kappa shape index (κ2) is 7.28. The van der Waals surface area contributed by atoms with Gasteiger partial charge in [0.05, 0.1) is 18.3 Å². The smallest absolute Gasteiger partial charge is 0.319 e. The Hall–Kier alpha value is -2.34. The highest BCUT2D eigenvalue weighted by Crippen LogP contribution is 2.24. The number of carbonyl (C=O) groups excluding carboxylic acids is 1. The number of aromatic nitrogens is 1. The van der Waals surface area contributed by atoms with Gasteiger partial charge in [0, 0.05) is 11.3 Å². The van der Waals surface area contributed by atoms with Crippen molar-refractivity contribution in [1.29, 1.82) is 0 Å². The van der Waals surface area contributed by atoms with E-state index in [0.29, 0.717) is 18.0 Å². The normalized spacial score (nSPS) is 13.4. The van der Waals surface area contributed by atoms with E-state index < -0.39 is 5.54 Å². The molecule has 6 heteroatoms. The third-order valence-electron chi connectivity index (χ3n) is 3.73. The second-order valence-electron chi connectivity index (χ2n) is 5.91. The molecule has 2 rings (SSSR count). The Morgan fingerprint density at radius 3 is 2.83 bits per heavy atom. The second-order valence-corrected chi connectivity index (χ2v) is 5.91. The standard InChI is InChI=1S/C17H23N3O3/c1-4-7-17(3,11-21)20-16(22)19-14-10-13(6-5-12(14)2)15-18-8-9-23-15/h5-6,8-10,21H,4,7,11H2,1-3H3,(H2,19,20,22). The van der Waals surface area contributed by atoms with Gasteiger partial charge in [-0.3, -0.25) is 0 Å². The lowest BCUT2D eigenvalue weighted by Crippen LogP contribution is -2.50. The molecule has 2 amide bonds. The topological polar surface area (TPSA) is 87.4 Å². The first kappa shape index (κ1) is 17.0. The van der Waals surface area contributed by atoms with E-state index in [4.69, 9.17) is 4.42 Å². The highest BCUT2D eigenvalue weighted by atomic mass is 16.3. The van der Waals surface area contributed by atoms with Gasteiger partial charge in [-0.15, -0.1) is 0 Å². The van der Waals surface area contributed by atoms with E-state index in [0.717, 1.165) is 17.5 Å². The summed E-state index contributed by atoms with van der Waals surface area (Å²) in [7, 11) is 0. The van der Waals surface area contributed by atoms with Gasteiger partial charge >= 0.3 is 6.03 Å². The van der Waals surface area contributed by atoms with Gasteiger partial charge in [-0.05, 0) is 38.0 Å². The summed E-state index contributed by atoms with van der Waals surface area (Å²) in [4.78, 5) is 16.3. The van der Waals surface area contributed by atoms with Crippen molar-refractivity contribution in [1.82, 2.24) is 10.3 Å². The van der Waals surface area contributed by atoms with E-state index in [2.05, 4.69) is 15.6 Å². The first-order valence-electron chi connectivity index (χ1n) is 7.68. The maximum atomic E-state index is 12.2. The minimum absolute atomic E-state index is 0.108. The van der Waals surface area contributed by atoms with Crippen LogP contribution in [0.3, 0.4) is 0 Å². The van der Waals surface area contributed by atoms with Crippen molar-refractivity contribution in [3.63, 3.8) is 0 Å². The summed E-state index contributed by atoms with van der Waals surface area (Å²) in [5.74, 6) is 0.500. The zero-order valence-electron chi connectivity index (χ0n) is 13.7. The number of nitrogens with one attached hydrogen (secondary N) is 2. The molecule has 0 fully saturated rings. The van der Waals surface area contributed by atoms with Crippen LogP contribution >= 0.6 is 0 Å². The van der Waals surface area contributed by atoms with E-state index in [1.165, 1.54) is 6.26 Å². The molecule has 6 nitrogen and oxygen atoms in total. The van der Waals surface area contributed by atoms with Gasteiger partial charge in [0.2, 0.25) is 5.89 Å². The number of nitrogens with zero attached hydrogens (tertiary/aromatic N) is 1. The minimum Gasteiger partial charge on any atom is -0.445 e. The molecular weight excluding hydrogens is 294 g/mol. The summed E-state index contributed by atoms with van der Waals surface area (Å²) in [6.07, 6.45) is 4.65. The molecule has 1 unspecified atom stereocenters. The summed E-state index contributed by atoms with van der Waals surface area (Å²) in [5.41, 5.74) is 1.76. The highest BCUT2D eigenvalue weighted by Gasteiger charge is 2.24. The Kier molecular flexibility index (Phi) is 5.39. The van der Waals surface area contributed by atoms with Crippen molar-refractivity contribution in [2.24, 2.45) is 0 Å². The number of rotatable bonds is 6. The molecule has 0 aliphatic rings. The van der Waals surface area contributed by atoms with Crippen LogP contribution in [0.25, 0.3) is 11.5 Å². The molecule has 0 bridgehead atoms. The maximum absolute atomic E-state index is 12.2. The number of urea groups is 1. The fraction of sp³-hybridized carbons (Fsp3) is 0.412. The molecule has 0 radical (unpaired) electrons. The fourth-order valence-electron chi connectivity index (χ4n) is 2.42. The number of anilines is 1. The van der Waals surface area contributed by atoms with Crippen LogP contribution in [0.4, 0.5) is 10.5 Å². The van der Waals surface area contributed by atoms with Gasteiger partial charge in [0.1, 0.15) is 6.26 Å². The van der Waals surface area contributed by atoms with Crippen molar-refractivity contribution in [3.05, 3.63) is 36.2 Å². The molecule has 0 saturated heterocycles. The predicted molar refractivity (Wildman–Crippen MR) is 89.2 cm³/mol. The van der Waals surface area contributed by atoms with Crippen molar-refractivity contribution >= 4 is 11.7 Å². The van der Waals surface area contributed by atoms with Crippen LogP contribution in [0.1, 0.15) is 32.3 Å². The Labute approximate surface area is 135 Å². The van der Waals surface area contributed by atoms with Crippen LogP contribution in [-0.2, 0) is 0 Å². The zero-order chi connectivity index (χ0) is 16.9. The van der Waals surface area contributed by atoms with Gasteiger partial charge in [0.25, 0.3) is 0 Å². The molecule has 0 aliphatic carbocycles. The molecule has 0 spiro atoms. The quantitative estimate of drug-likeness (QED) is 0.762. The minimum atomic E-state index is -0.632. The van der Waals surface area contributed by atoms with E-state index in [9.17, 15) is 9.90 Å². The summed E-state index contributed by atoms with van der Waals surface area (Å²) in [5, 5.41) is 15.2. The summed E-state index contributed by atoms with van der Waals surface area (Å²) in [6, 6.07) is 5.25. The molecule has 1 atom stereocenters. The molecule has 1 heterocycles. The number of carbonyl (C=O) groups is 1. The number of aliphatic hydroxyl groups excluding tert-OH is 1. The number of hydrogen-bond acceptors (Lipinski definition) is 4. The van der Waals surface area contributed by atoms with Gasteiger partial charge in [-0.25, -0.2) is 9.78 Å². The zero-order valence-corrected chi connectivity index (χ0v) is 13.7. The van der Waals surface area contributed by atoms with Crippen LogP contribution in [-0.4, -0.2) is 28.3 Å². The Bertz CT molecular complexity index is 655. The van der Waals surface area contributed by atoms with Crippen LogP contribution in [0.15, 0.2) is 35.1 Å². The number of oxazole rings is 1. The van der Waals surface area contributed by atoms with Crippen LogP contribution < -0.4 is 10.6 Å². The largest absolute Gasteiger partial charge is 0.445 e. The molecular formula is C17H23N3O3. The first-order valence-corrected chi connectivity index (χ1v) is 7.68. The number of amides is 2. The monoisotopic (exact) mass is 317 g/mol. The number of aryl methyl sites for hydroxylation is 1. The predicted octanol–water partition coefficient (Wildman–Crippen LogP) is 3.32. The van der Waals surface area contributed by atoms with Crippen molar-refractivity contribution in [3.8, 4) is 11.5 Å². The highest BCUT2D eigenvalue weighted by molar-refractivity contribution is 5.91. The van der Waals surface area contributed by atoms with E-state index in [1.807, 2.05) is 39.0 Å². The van der Waals surface area contributed by atoms with Gasteiger partial charge in [0.15, 0.2) is 0 Å². The number of hydrogen-bond donors (Lipinski definition) is 3. The molecule has 0 saturated carbocycles. The molecule has 2 aromatic rings. The molecule has 1 aromatic carbocycles. The van der Waals surface area contributed by atoms with Crippen LogP contribution in [0.5, 0.6) is 0 Å². The van der Waals surface area contributed by atoms with Gasteiger partial charge in [-0.2, -0.15) is 0 Å². The number of aliphatic hydroxyl groups is 1. The Morgan fingerprint density at radius 1 is 1.43 bits per heavy atom. The van der Waals surface area contributed by atoms with Crippen molar-refractivity contribution in [2.45, 2.75) is 39.2 Å². The SMILES string of the molecule is CCCC(C)(CO)NC(=O)Nc1cc(-c2ncco2)ccc1C. The Balaban J connectivity index is 2.13. The van der Waals surface area contributed by atoms with Gasteiger partial charge < -0.3 is 20.2 Å². The molecule has 0 aliphatic heterocycles. The lowest BCUT2D eigenvalue weighted by molar-refractivity contribution is 0.167. The lowest BCUT2D eigenvalue weighted by Gasteiger charge is -2.28. The first-order chi connectivity index (χ1) is 11.0. The number of benzene rings is 1. The third-order valence-corrected chi connectivity index (χ3v) is 3.73. The molecule has 3 N–H and O–H groups in total. The average Bonchev–Trinajstić information content (AvgIpc) is 3.04. The van der Waals surface area contributed by atoms with E-state index >= 15 is 0 Å². The fourth-order valence-corrected chi connectivity index (χ4v) is 2.42. The summed E-state index contributed by atoms with van der Waals surface area (Å²) >= 11 is 0. The van der Waals surface area contributed by atoms with Crippen molar-refractivity contribution in [2.75, 3.05) is 11.9 Å². The van der Waals surface area contributed by atoms with Crippen LogP contribution in [0.2, 0.25) is 0 Å². The maximum Gasteiger partial charge on any atom is 0.319 e. The Morgan fingerprint density at radius 2 is 2.22 bits per heavy atom. The van der Waals surface area contributed by atoms with E-state index in [-0.39, 0.29) is 12.6 Å². The molecule has 124 valence electrons. The molecule has 1 aromatic heterocycles. The third kappa shape index (κ3) is 4.32. The van der Waals surface area contributed by atoms with Crippen molar-refractivity contribution < 1.29 is 14.3 Å².